The van der Waals surface area contributed by atoms with Gasteiger partial charge in [-0.15, -0.1) is 12.4 Å². The van der Waals surface area contributed by atoms with Crippen LogP contribution in [0.1, 0.15) is 40.0 Å². The molecule has 1 amide bonds. The lowest BCUT2D eigenvalue weighted by molar-refractivity contribution is -0.0275. The Morgan fingerprint density at radius 1 is 1.15 bits per heavy atom. The quantitative estimate of drug-likeness (QED) is 0.805. The van der Waals surface area contributed by atoms with E-state index in [1.54, 1.807) is 0 Å². The molecule has 0 radical (unpaired) electrons. The Bertz CT molecular complexity index is 314. The van der Waals surface area contributed by atoms with Crippen molar-refractivity contribution in [1.82, 2.24) is 15.1 Å². The van der Waals surface area contributed by atoms with Gasteiger partial charge in [0.1, 0.15) is 5.60 Å². The van der Waals surface area contributed by atoms with E-state index in [0.717, 1.165) is 45.6 Å². The molecule has 1 unspecified atom stereocenters. The van der Waals surface area contributed by atoms with Gasteiger partial charge >= 0.3 is 6.09 Å². The van der Waals surface area contributed by atoms with E-state index in [1.807, 2.05) is 25.7 Å². The maximum Gasteiger partial charge on any atom is 0.411 e. The van der Waals surface area contributed by atoms with Crippen molar-refractivity contribution in [2.24, 2.45) is 0 Å². The van der Waals surface area contributed by atoms with Crippen molar-refractivity contribution >= 4 is 18.5 Å². The molecule has 2 aliphatic rings. The molecule has 2 aliphatic heterocycles. The van der Waals surface area contributed by atoms with Crippen molar-refractivity contribution in [3.05, 3.63) is 0 Å². The summed E-state index contributed by atoms with van der Waals surface area (Å²) in [6, 6.07) is 0. The first-order valence-electron chi connectivity index (χ1n) is 7.42. The lowest BCUT2D eigenvalue weighted by Crippen LogP contribution is -2.58. The Labute approximate surface area is 128 Å². The van der Waals surface area contributed by atoms with E-state index >= 15 is 0 Å². The predicted octanol–water partition coefficient (Wildman–Crippen LogP) is 2.06. The number of carbonyl (C=O) groups excluding carboxylic acids is 1. The van der Waals surface area contributed by atoms with Crippen molar-refractivity contribution in [3.8, 4) is 0 Å². The second kappa shape index (κ2) is 7.48. The molecule has 2 rings (SSSR count). The minimum absolute atomic E-state index is 0. The smallest absolute Gasteiger partial charge is 0.411 e. The number of rotatable bonds is 1. The molecule has 2 heterocycles. The Balaban J connectivity index is 0.00000200. The number of piperidine rings is 1. The van der Waals surface area contributed by atoms with Gasteiger partial charge < -0.3 is 10.1 Å². The number of ether oxygens (including phenoxy) is 1. The summed E-state index contributed by atoms with van der Waals surface area (Å²) in [5.74, 6) is 0. The molecule has 5 nitrogen and oxygen atoms in total. The molecule has 0 aromatic carbocycles. The number of nitrogens with zero attached hydrogens (tertiary/aromatic N) is 2. The van der Waals surface area contributed by atoms with Crippen LogP contribution in [-0.4, -0.2) is 60.4 Å². The van der Waals surface area contributed by atoms with E-state index in [-0.39, 0.29) is 24.7 Å². The molecule has 0 saturated carbocycles. The number of hydrogen-bond acceptors (Lipinski definition) is 4. The molecule has 2 saturated heterocycles. The predicted molar refractivity (Wildman–Crippen MR) is 82.3 cm³/mol. The molecule has 1 atom stereocenters. The Hall–Kier alpha value is -0.520. The number of nitrogens with one attached hydrogen (secondary N) is 1. The average Bonchev–Trinajstić information content (AvgIpc) is 2.38. The third-order valence-corrected chi connectivity index (χ3v) is 3.67. The molecular weight excluding hydrogens is 278 g/mol. The largest absolute Gasteiger partial charge is 0.444 e. The van der Waals surface area contributed by atoms with Gasteiger partial charge in [0.05, 0.1) is 6.17 Å². The van der Waals surface area contributed by atoms with Gasteiger partial charge in [-0.1, -0.05) is 0 Å². The Kier molecular flexibility index (Phi) is 6.55. The standard InChI is InChI=1S/C14H27N3O2.ClH/c1-14(2,3)19-13(18)17-9-5-4-6-12(17)16-10-7-15-8-11-16;/h12,15H,4-11H2,1-3H3;1H. The van der Waals surface area contributed by atoms with Crippen LogP contribution in [0, 0.1) is 0 Å². The van der Waals surface area contributed by atoms with Crippen molar-refractivity contribution in [2.75, 3.05) is 32.7 Å². The highest BCUT2D eigenvalue weighted by Crippen LogP contribution is 2.23. The fourth-order valence-corrected chi connectivity index (χ4v) is 2.81. The highest BCUT2D eigenvalue weighted by atomic mass is 35.5. The molecule has 0 bridgehead atoms. The van der Waals surface area contributed by atoms with Crippen molar-refractivity contribution in [3.63, 3.8) is 0 Å². The van der Waals surface area contributed by atoms with Crippen LogP contribution >= 0.6 is 12.4 Å². The van der Waals surface area contributed by atoms with Crippen molar-refractivity contribution in [2.45, 2.75) is 51.8 Å². The summed E-state index contributed by atoms with van der Waals surface area (Å²) in [4.78, 5) is 16.7. The molecule has 0 aliphatic carbocycles. The van der Waals surface area contributed by atoms with Gasteiger partial charge in [0.25, 0.3) is 0 Å². The highest BCUT2D eigenvalue weighted by Gasteiger charge is 2.34. The number of piperazine rings is 1. The first kappa shape index (κ1) is 17.5. The summed E-state index contributed by atoms with van der Waals surface area (Å²) in [5.41, 5.74) is -0.414. The fraction of sp³-hybridized carbons (Fsp3) is 0.929. The summed E-state index contributed by atoms with van der Waals surface area (Å²) in [6.07, 6.45) is 3.43. The van der Waals surface area contributed by atoms with Crippen LogP contribution in [0.4, 0.5) is 4.79 Å². The fourth-order valence-electron chi connectivity index (χ4n) is 2.81. The zero-order chi connectivity index (χ0) is 13.9. The van der Waals surface area contributed by atoms with Crippen LogP contribution in [-0.2, 0) is 4.74 Å². The average molecular weight is 306 g/mol. The zero-order valence-electron chi connectivity index (χ0n) is 12.9. The molecular formula is C14H28ClN3O2. The van der Waals surface area contributed by atoms with Crippen LogP contribution < -0.4 is 5.32 Å². The van der Waals surface area contributed by atoms with Gasteiger partial charge in [-0.3, -0.25) is 9.80 Å². The second-order valence-electron chi connectivity index (χ2n) is 6.44. The normalized spacial score (nSPS) is 24.9. The van der Waals surface area contributed by atoms with Gasteiger partial charge in [0.2, 0.25) is 0 Å². The number of carbonyl (C=O) groups is 1. The summed E-state index contributed by atoms with van der Waals surface area (Å²) < 4.78 is 5.54. The third kappa shape index (κ3) is 4.79. The van der Waals surface area contributed by atoms with Crippen LogP contribution in [0.5, 0.6) is 0 Å². The third-order valence-electron chi connectivity index (χ3n) is 3.67. The SMILES string of the molecule is CC(C)(C)OC(=O)N1CCCCC1N1CCNCC1.Cl. The van der Waals surface area contributed by atoms with E-state index in [0.29, 0.717) is 0 Å². The first-order valence-corrected chi connectivity index (χ1v) is 7.42. The van der Waals surface area contributed by atoms with Crippen LogP contribution in [0.3, 0.4) is 0 Å². The molecule has 0 spiro atoms. The minimum atomic E-state index is -0.414. The molecule has 0 aromatic heterocycles. The minimum Gasteiger partial charge on any atom is -0.444 e. The number of hydrogen-bond donors (Lipinski definition) is 1. The first-order chi connectivity index (χ1) is 8.97. The van der Waals surface area contributed by atoms with Crippen molar-refractivity contribution < 1.29 is 9.53 Å². The van der Waals surface area contributed by atoms with E-state index in [1.165, 1.54) is 6.42 Å². The van der Waals surface area contributed by atoms with E-state index < -0.39 is 5.60 Å². The van der Waals surface area contributed by atoms with Gasteiger partial charge in [-0.05, 0) is 40.0 Å². The number of halogens is 1. The molecule has 2 fully saturated rings. The Morgan fingerprint density at radius 3 is 2.40 bits per heavy atom. The second-order valence-corrected chi connectivity index (χ2v) is 6.44. The molecule has 118 valence electrons. The number of likely N-dealkylation sites (tertiary alicyclic amines) is 1. The lowest BCUT2D eigenvalue weighted by Gasteiger charge is -2.44. The maximum atomic E-state index is 12.3. The van der Waals surface area contributed by atoms with Crippen molar-refractivity contribution in [1.29, 1.82) is 0 Å². The highest BCUT2D eigenvalue weighted by molar-refractivity contribution is 5.85. The van der Waals surface area contributed by atoms with Gasteiger partial charge in [0.15, 0.2) is 0 Å². The van der Waals surface area contributed by atoms with Gasteiger partial charge in [-0.25, -0.2) is 4.79 Å². The molecule has 20 heavy (non-hydrogen) atoms. The molecule has 6 heteroatoms. The van der Waals surface area contributed by atoms with E-state index in [4.69, 9.17) is 4.74 Å². The summed E-state index contributed by atoms with van der Waals surface area (Å²) >= 11 is 0. The van der Waals surface area contributed by atoms with Gasteiger partial charge in [-0.2, -0.15) is 0 Å². The van der Waals surface area contributed by atoms with E-state index in [2.05, 4.69) is 10.2 Å². The summed E-state index contributed by atoms with van der Waals surface area (Å²) in [7, 11) is 0. The number of amides is 1. The summed E-state index contributed by atoms with van der Waals surface area (Å²) in [6.45, 7) is 10.7. The Morgan fingerprint density at radius 2 is 1.80 bits per heavy atom. The monoisotopic (exact) mass is 305 g/mol. The molecule has 0 aromatic rings. The van der Waals surface area contributed by atoms with Crippen LogP contribution in [0.25, 0.3) is 0 Å². The maximum absolute atomic E-state index is 12.3. The molecule has 1 N–H and O–H groups in total. The summed E-state index contributed by atoms with van der Waals surface area (Å²) in [5, 5.41) is 3.36. The van der Waals surface area contributed by atoms with Crippen LogP contribution in [0.15, 0.2) is 0 Å². The van der Waals surface area contributed by atoms with Gasteiger partial charge in [0, 0.05) is 32.7 Å². The van der Waals surface area contributed by atoms with E-state index in [9.17, 15) is 4.79 Å². The zero-order valence-corrected chi connectivity index (χ0v) is 13.7. The topological polar surface area (TPSA) is 44.8 Å². The van der Waals surface area contributed by atoms with Crippen LogP contribution in [0.2, 0.25) is 0 Å². The lowest BCUT2D eigenvalue weighted by atomic mass is 10.1.